The molecule has 2 N–H and O–H groups in total. The Kier molecular flexibility index (Phi) is 3.80. The highest BCUT2D eigenvalue weighted by atomic mass is 35.5. The van der Waals surface area contributed by atoms with Crippen molar-refractivity contribution in [3.05, 3.63) is 65.9 Å². The normalized spacial score (nSPS) is 10.9. The van der Waals surface area contributed by atoms with Crippen molar-refractivity contribution < 1.29 is 5.11 Å². The van der Waals surface area contributed by atoms with Gasteiger partial charge in [-0.2, -0.15) is 0 Å². The van der Waals surface area contributed by atoms with Crippen LogP contribution in [0.4, 0.5) is 11.5 Å². The number of halogens is 1. The average Bonchev–Trinajstić information content (AvgIpc) is 3.01. The Morgan fingerprint density at radius 2 is 1.83 bits per heavy atom. The summed E-state index contributed by atoms with van der Waals surface area (Å²) in [7, 11) is 0. The minimum absolute atomic E-state index is 0.207. The lowest BCUT2D eigenvalue weighted by Crippen LogP contribution is -1.93. The van der Waals surface area contributed by atoms with Gasteiger partial charge in [0.25, 0.3) is 0 Å². The number of nitrogens with zero attached hydrogens (tertiary/aromatic N) is 2. The largest absolute Gasteiger partial charge is 0.508 e. The molecule has 0 bridgehead atoms. The molecule has 4 nitrogen and oxygen atoms in total. The van der Waals surface area contributed by atoms with Gasteiger partial charge in [-0.3, -0.25) is 0 Å². The number of hydrogen-bond acceptors (Lipinski definition) is 5. The Hall–Kier alpha value is -2.63. The molecule has 2 heterocycles. The zero-order chi connectivity index (χ0) is 16.5. The number of rotatable bonds is 3. The van der Waals surface area contributed by atoms with Crippen molar-refractivity contribution in [1.82, 2.24) is 9.97 Å². The van der Waals surface area contributed by atoms with Gasteiger partial charge in [-0.1, -0.05) is 29.8 Å². The first-order chi connectivity index (χ1) is 11.7. The molecule has 4 aromatic rings. The molecule has 0 saturated heterocycles. The summed E-state index contributed by atoms with van der Waals surface area (Å²) < 4.78 is 0.964. The van der Waals surface area contributed by atoms with Gasteiger partial charge in [0.1, 0.15) is 12.1 Å². The molecule has 0 aliphatic heterocycles. The number of hydrogen-bond donors (Lipinski definition) is 2. The van der Waals surface area contributed by atoms with Crippen LogP contribution in [0.2, 0.25) is 5.02 Å². The van der Waals surface area contributed by atoms with E-state index >= 15 is 0 Å². The second kappa shape index (κ2) is 6.11. The number of phenols is 1. The van der Waals surface area contributed by atoms with Gasteiger partial charge in [-0.25, -0.2) is 9.97 Å². The quantitative estimate of drug-likeness (QED) is 0.513. The zero-order valence-corrected chi connectivity index (χ0v) is 14.0. The first kappa shape index (κ1) is 14.9. The van der Waals surface area contributed by atoms with E-state index in [2.05, 4.69) is 15.3 Å². The fourth-order valence-corrected chi connectivity index (χ4v) is 3.61. The van der Waals surface area contributed by atoms with Gasteiger partial charge in [0, 0.05) is 21.7 Å². The van der Waals surface area contributed by atoms with Crippen molar-refractivity contribution in [2.75, 3.05) is 5.32 Å². The minimum Gasteiger partial charge on any atom is -0.508 e. The Bertz CT molecular complexity index is 1010. The van der Waals surface area contributed by atoms with Crippen LogP contribution in [0.1, 0.15) is 0 Å². The molecule has 0 saturated carbocycles. The van der Waals surface area contributed by atoms with Crippen molar-refractivity contribution in [2.24, 2.45) is 0 Å². The Balaban J connectivity index is 1.76. The Labute approximate surface area is 147 Å². The highest BCUT2D eigenvalue weighted by molar-refractivity contribution is 7.22. The van der Waals surface area contributed by atoms with E-state index in [-0.39, 0.29) is 5.75 Å². The van der Waals surface area contributed by atoms with Crippen molar-refractivity contribution in [3.8, 4) is 16.2 Å². The molecular weight excluding hydrogens is 342 g/mol. The van der Waals surface area contributed by atoms with E-state index in [0.717, 1.165) is 32.2 Å². The zero-order valence-electron chi connectivity index (χ0n) is 12.4. The van der Waals surface area contributed by atoms with Crippen LogP contribution in [-0.4, -0.2) is 15.1 Å². The van der Waals surface area contributed by atoms with Crippen LogP contribution in [0.25, 0.3) is 20.7 Å². The molecule has 0 atom stereocenters. The topological polar surface area (TPSA) is 58.0 Å². The molecule has 2 aromatic heterocycles. The van der Waals surface area contributed by atoms with Gasteiger partial charge in [0.15, 0.2) is 5.82 Å². The van der Waals surface area contributed by atoms with Crippen molar-refractivity contribution in [3.63, 3.8) is 0 Å². The van der Waals surface area contributed by atoms with Gasteiger partial charge >= 0.3 is 0 Å². The summed E-state index contributed by atoms with van der Waals surface area (Å²) in [4.78, 5) is 9.79. The standard InChI is InChI=1S/C18H12ClN3OS/c19-12-6-4-11(5-7-12)16-9-15-17(24-16)18(21-10-20-15)22-13-2-1-3-14(23)8-13/h1-10,23H,(H,20,21,22). The molecule has 4 rings (SSSR count). The van der Waals surface area contributed by atoms with Crippen molar-refractivity contribution >= 4 is 44.7 Å². The highest BCUT2D eigenvalue weighted by Gasteiger charge is 2.10. The van der Waals surface area contributed by atoms with Crippen LogP contribution in [-0.2, 0) is 0 Å². The SMILES string of the molecule is Oc1cccc(Nc2ncnc3cc(-c4ccc(Cl)cc4)sc23)c1. The van der Waals surface area contributed by atoms with E-state index in [1.54, 1.807) is 29.5 Å². The lowest BCUT2D eigenvalue weighted by molar-refractivity contribution is 0.475. The van der Waals surface area contributed by atoms with E-state index in [1.807, 2.05) is 36.4 Å². The summed E-state index contributed by atoms with van der Waals surface area (Å²) in [5.74, 6) is 0.925. The number of fused-ring (bicyclic) bond motifs is 1. The monoisotopic (exact) mass is 353 g/mol. The first-order valence-corrected chi connectivity index (χ1v) is 8.45. The molecule has 0 spiro atoms. The molecule has 0 aliphatic rings. The van der Waals surface area contributed by atoms with Crippen LogP contribution in [0, 0.1) is 0 Å². The fraction of sp³-hybridized carbons (Fsp3) is 0. The number of nitrogens with one attached hydrogen (secondary N) is 1. The molecule has 24 heavy (non-hydrogen) atoms. The maximum absolute atomic E-state index is 9.60. The number of thiophene rings is 1. The van der Waals surface area contributed by atoms with Gasteiger partial charge in [-0.15, -0.1) is 11.3 Å². The Morgan fingerprint density at radius 1 is 1.00 bits per heavy atom. The number of benzene rings is 2. The molecule has 118 valence electrons. The molecule has 6 heteroatoms. The summed E-state index contributed by atoms with van der Waals surface area (Å²) >= 11 is 7.57. The molecule has 0 unspecified atom stereocenters. The van der Waals surface area contributed by atoms with E-state index in [9.17, 15) is 5.11 Å². The first-order valence-electron chi connectivity index (χ1n) is 7.25. The summed E-state index contributed by atoms with van der Waals surface area (Å²) in [6.07, 6.45) is 1.53. The smallest absolute Gasteiger partial charge is 0.151 e. The number of anilines is 2. The fourth-order valence-electron chi connectivity index (χ4n) is 2.42. The number of aromatic hydroxyl groups is 1. The summed E-state index contributed by atoms with van der Waals surface area (Å²) in [6.45, 7) is 0. The molecular formula is C18H12ClN3OS. The van der Waals surface area contributed by atoms with E-state index in [0.29, 0.717) is 5.02 Å². The number of phenolic OH excluding ortho intramolecular Hbond substituents is 1. The molecule has 0 radical (unpaired) electrons. The second-order valence-electron chi connectivity index (χ2n) is 5.23. The average molecular weight is 354 g/mol. The Morgan fingerprint density at radius 3 is 2.62 bits per heavy atom. The van der Waals surface area contributed by atoms with Crippen molar-refractivity contribution in [2.45, 2.75) is 0 Å². The maximum atomic E-state index is 9.60. The third kappa shape index (κ3) is 2.91. The third-order valence-electron chi connectivity index (χ3n) is 3.55. The van der Waals surface area contributed by atoms with Crippen LogP contribution in [0.15, 0.2) is 60.9 Å². The minimum atomic E-state index is 0.207. The summed E-state index contributed by atoms with van der Waals surface area (Å²) in [6, 6.07) is 16.7. The molecule has 0 aliphatic carbocycles. The highest BCUT2D eigenvalue weighted by Crippen LogP contribution is 2.36. The summed E-state index contributed by atoms with van der Waals surface area (Å²) in [5, 5.41) is 13.6. The van der Waals surface area contributed by atoms with Gasteiger partial charge in [0.05, 0.1) is 10.2 Å². The molecule has 0 amide bonds. The van der Waals surface area contributed by atoms with Gasteiger partial charge in [0.2, 0.25) is 0 Å². The van der Waals surface area contributed by atoms with E-state index in [4.69, 9.17) is 11.6 Å². The molecule has 2 aromatic carbocycles. The van der Waals surface area contributed by atoms with Gasteiger partial charge < -0.3 is 10.4 Å². The summed E-state index contributed by atoms with van der Waals surface area (Å²) in [5.41, 5.74) is 2.74. The van der Waals surface area contributed by atoms with Gasteiger partial charge in [-0.05, 0) is 35.9 Å². The van der Waals surface area contributed by atoms with E-state index < -0.39 is 0 Å². The second-order valence-corrected chi connectivity index (χ2v) is 6.72. The predicted octanol–water partition coefficient (Wildman–Crippen LogP) is 5.46. The lowest BCUT2D eigenvalue weighted by Gasteiger charge is -2.06. The lowest BCUT2D eigenvalue weighted by atomic mass is 10.2. The van der Waals surface area contributed by atoms with E-state index in [1.165, 1.54) is 6.33 Å². The maximum Gasteiger partial charge on any atom is 0.151 e. The van der Waals surface area contributed by atoms with Crippen LogP contribution < -0.4 is 5.32 Å². The predicted molar refractivity (Wildman–Crippen MR) is 99.3 cm³/mol. The van der Waals surface area contributed by atoms with Crippen LogP contribution in [0.3, 0.4) is 0 Å². The van der Waals surface area contributed by atoms with Crippen molar-refractivity contribution in [1.29, 1.82) is 0 Å². The number of aromatic nitrogens is 2. The van der Waals surface area contributed by atoms with Crippen LogP contribution >= 0.6 is 22.9 Å². The molecule has 0 fully saturated rings. The van der Waals surface area contributed by atoms with Crippen LogP contribution in [0.5, 0.6) is 5.75 Å². The third-order valence-corrected chi connectivity index (χ3v) is 4.98.